The first-order chi connectivity index (χ1) is 8.58. The van der Waals surface area contributed by atoms with E-state index < -0.39 is 0 Å². The molecule has 1 heterocycles. The smallest absolute Gasteiger partial charge is 0.223 e. The van der Waals surface area contributed by atoms with Crippen LogP contribution < -0.4 is 21.5 Å². The van der Waals surface area contributed by atoms with Crippen molar-refractivity contribution in [2.24, 2.45) is 0 Å². The number of hydrogen-bond acceptors (Lipinski definition) is 6. The largest absolute Gasteiger partial charge is 0.497 e. The second-order valence-corrected chi connectivity index (χ2v) is 3.91. The van der Waals surface area contributed by atoms with Gasteiger partial charge in [-0.25, -0.2) is 0 Å². The Morgan fingerprint density at radius 1 is 1.22 bits per heavy atom. The summed E-state index contributed by atoms with van der Waals surface area (Å²) in [4.78, 5) is 7.78. The lowest BCUT2D eigenvalue weighted by atomic mass is 10.3. The van der Waals surface area contributed by atoms with Crippen LogP contribution in [0.1, 0.15) is 0 Å². The van der Waals surface area contributed by atoms with Crippen LogP contribution in [0.3, 0.4) is 0 Å². The van der Waals surface area contributed by atoms with Gasteiger partial charge in [-0.1, -0.05) is 11.6 Å². The number of hydrogen-bond donors (Lipinski definition) is 3. The highest BCUT2D eigenvalue weighted by Gasteiger charge is 2.05. The molecule has 0 atom stereocenters. The molecule has 0 amide bonds. The van der Waals surface area contributed by atoms with Gasteiger partial charge in [0.2, 0.25) is 5.95 Å². The van der Waals surface area contributed by atoms with E-state index in [0.29, 0.717) is 22.3 Å². The van der Waals surface area contributed by atoms with Crippen molar-refractivity contribution >= 4 is 34.9 Å². The van der Waals surface area contributed by atoms with Crippen molar-refractivity contribution in [2.75, 3.05) is 23.9 Å². The summed E-state index contributed by atoms with van der Waals surface area (Å²) in [6, 6.07) is 6.79. The minimum Gasteiger partial charge on any atom is -0.497 e. The summed E-state index contributed by atoms with van der Waals surface area (Å²) in [5, 5.41) is 3.54. The molecule has 7 heteroatoms. The van der Waals surface area contributed by atoms with Gasteiger partial charge >= 0.3 is 0 Å². The SMILES string of the molecule is COc1ccc(Cl)c(Nc2cc(N)nc(N)n2)c1. The molecule has 2 aromatic rings. The molecule has 0 saturated heterocycles. The molecule has 1 aromatic carbocycles. The summed E-state index contributed by atoms with van der Waals surface area (Å²) in [5.41, 5.74) is 11.7. The normalized spacial score (nSPS) is 10.1. The fraction of sp³-hybridized carbons (Fsp3) is 0.0909. The summed E-state index contributed by atoms with van der Waals surface area (Å²) in [6.07, 6.45) is 0. The first kappa shape index (κ1) is 12.3. The topological polar surface area (TPSA) is 99.1 Å². The van der Waals surface area contributed by atoms with Gasteiger partial charge < -0.3 is 21.5 Å². The average Bonchev–Trinajstić information content (AvgIpc) is 2.30. The molecule has 5 N–H and O–H groups in total. The Morgan fingerprint density at radius 3 is 2.67 bits per heavy atom. The Bertz CT molecular complexity index is 555. The van der Waals surface area contributed by atoms with Crippen molar-refractivity contribution < 1.29 is 4.74 Å². The summed E-state index contributed by atoms with van der Waals surface area (Å²) in [7, 11) is 1.58. The number of aromatic nitrogens is 2. The molecule has 6 nitrogen and oxygen atoms in total. The van der Waals surface area contributed by atoms with Gasteiger partial charge in [-0.15, -0.1) is 0 Å². The second-order valence-electron chi connectivity index (χ2n) is 3.51. The number of nitrogens with one attached hydrogen (secondary N) is 1. The molecule has 0 radical (unpaired) electrons. The maximum absolute atomic E-state index is 6.06. The van der Waals surface area contributed by atoms with Crippen LogP contribution in [-0.2, 0) is 0 Å². The molecule has 0 aliphatic heterocycles. The van der Waals surface area contributed by atoms with Crippen molar-refractivity contribution in [3.8, 4) is 5.75 Å². The average molecular weight is 266 g/mol. The zero-order chi connectivity index (χ0) is 13.1. The lowest BCUT2D eigenvalue weighted by Crippen LogP contribution is -2.03. The molecule has 0 fully saturated rings. The predicted molar refractivity (Wildman–Crippen MR) is 72.1 cm³/mol. The fourth-order valence-corrected chi connectivity index (χ4v) is 1.58. The van der Waals surface area contributed by atoms with E-state index in [4.69, 9.17) is 27.8 Å². The molecule has 0 saturated carbocycles. The van der Waals surface area contributed by atoms with Gasteiger partial charge in [0.25, 0.3) is 0 Å². The van der Waals surface area contributed by atoms with Gasteiger partial charge in [-0.3, -0.25) is 0 Å². The van der Waals surface area contributed by atoms with E-state index in [-0.39, 0.29) is 11.8 Å². The Kier molecular flexibility index (Phi) is 3.38. The highest BCUT2D eigenvalue weighted by atomic mass is 35.5. The number of nitrogens with two attached hydrogens (primary N) is 2. The summed E-state index contributed by atoms with van der Waals surface area (Å²) >= 11 is 6.06. The van der Waals surface area contributed by atoms with Crippen molar-refractivity contribution in [3.63, 3.8) is 0 Å². The molecule has 0 spiro atoms. The number of benzene rings is 1. The van der Waals surface area contributed by atoms with Crippen molar-refractivity contribution in [1.82, 2.24) is 9.97 Å². The summed E-state index contributed by atoms with van der Waals surface area (Å²) < 4.78 is 5.11. The monoisotopic (exact) mass is 265 g/mol. The molecule has 0 bridgehead atoms. The summed E-state index contributed by atoms with van der Waals surface area (Å²) in [5.74, 6) is 1.52. The zero-order valence-electron chi connectivity index (χ0n) is 9.64. The Morgan fingerprint density at radius 2 is 2.00 bits per heavy atom. The van der Waals surface area contributed by atoms with E-state index in [9.17, 15) is 0 Å². The first-order valence-electron chi connectivity index (χ1n) is 5.09. The van der Waals surface area contributed by atoms with E-state index in [1.807, 2.05) is 0 Å². The van der Waals surface area contributed by atoms with Gasteiger partial charge in [0.05, 0.1) is 17.8 Å². The molecule has 0 aliphatic carbocycles. The van der Waals surface area contributed by atoms with E-state index in [1.165, 1.54) is 0 Å². The Labute approximate surface area is 109 Å². The number of methoxy groups -OCH3 is 1. The van der Waals surface area contributed by atoms with Gasteiger partial charge in [-0.2, -0.15) is 9.97 Å². The quantitative estimate of drug-likeness (QED) is 0.785. The molecule has 2 rings (SSSR count). The fourth-order valence-electron chi connectivity index (χ4n) is 1.41. The van der Waals surface area contributed by atoms with Crippen LogP contribution in [0, 0.1) is 0 Å². The highest BCUT2D eigenvalue weighted by molar-refractivity contribution is 6.33. The Balaban J connectivity index is 2.33. The van der Waals surface area contributed by atoms with E-state index in [1.54, 1.807) is 31.4 Å². The van der Waals surface area contributed by atoms with Crippen LogP contribution in [0.4, 0.5) is 23.3 Å². The molecular weight excluding hydrogens is 254 g/mol. The van der Waals surface area contributed by atoms with Crippen molar-refractivity contribution in [3.05, 3.63) is 29.3 Å². The minimum absolute atomic E-state index is 0.0940. The maximum Gasteiger partial charge on any atom is 0.223 e. The second kappa shape index (κ2) is 4.97. The zero-order valence-corrected chi connectivity index (χ0v) is 10.4. The third-order valence-electron chi connectivity index (χ3n) is 2.20. The summed E-state index contributed by atoms with van der Waals surface area (Å²) in [6.45, 7) is 0. The maximum atomic E-state index is 6.06. The third-order valence-corrected chi connectivity index (χ3v) is 2.53. The molecule has 1 aromatic heterocycles. The van der Waals surface area contributed by atoms with Crippen LogP contribution in [0.15, 0.2) is 24.3 Å². The molecule has 18 heavy (non-hydrogen) atoms. The number of rotatable bonds is 3. The van der Waals surface area contributed by atoms with Crippen molar-refractivity contribution in [2.45, 2.75) is 0 Å². The van der Waals surface area contributed by atoms with Gasteiger partial charge in [0.1, 0.15) is 17.4 Å². The van der Waals surface area contributed by atoms with Crippen molar-refractivity contribution in [1.29, 1.82) is 0 Å². The van der Waals surface area contributed by atoms with E-state index in [2.05, 4.69) is 15.3 Å². The molecule has 94 valence electrons. The first-order valence-corrected chi connectivity index (χ1v) is 5.47. The van der Waals surface area contributed by atoms with Crippen LogP contribution in [0.25, 0.3) is 0 Å². The van der Waals surface area contributed by atoms with Crippen LogP contribution in [0.5, 0.6) is 5.75 Å². The predicted octanol–water partition coefficient (Wildman–Crippen LogP) is 2.05. The molecule has 0 aliphatic rings. The van der Waals surface area contributed by atoms with Crippen LogP contribution in [-0.4, -0.2) is 17.1 Å². The third kappa shape index (κ3) is 2.72. The Hall–Kier alpha value is -2.21. The number of ether oxygens (including phenoxy) is 1. The minimum atomic E-state index is 0.0940. The van der Waals surface area contributed by atoms with E-state index >= 15 is 0 Å². The highest BCUT2D eigenvalue weighted by Crippen LogP contribution is 2.29. The number of nitrogens with zero attached hydrogens (tertiary/aromatic N) is 2. The van der Waals surface area contributed by atoms with E-state index in [0.717, 1.165) is 0 Å². The van der Waals surface area contributed by atoms with Crippen LogP contribution in [0.2, 0.25) is 5.02 Å². The lowest BCUT2D eigenvalue weighted by Gasteiger charge is -2.10. The lowest BCUT2D eigenvalue weighted by molar-refractivity contribution is 0.415. The van der Waals surface area contributed by atoms with Crippen LogP contribution >= 0.6 is 11.6 Å². The standard InChI is InChI=1S/C11H12ClN5O/c1-18-6-2-3-7(12)8(4-6)15-10-5-9(13)16-11(14)17-10/h2-5H,1H3,(H5,13,14,15,16,17). The number of anilines is 4. The number of halogens is 1. The molecule has 0 unspecified atom stereocenters. The van der Waals surface area contributed by atoms with Gasteiger partial charge in [-0.05, 0) is 12.1 Å². The number of nitrogen functional groups attached to an aromatic ring is 2. The molecular formula is C11H12ClN5O. The van der Waals surface area contributed by atoms with Gasteiger partial charge in [0.15, 0.2) is 0 Å². The van der Waals surface area contributed by atoms with Gasteiger partial charge in [0, 0.05) is 12.1 Å².